The largest absolute Gasteiger partial charge is 0.398 e. The third-order valence-corrected chi connectivity index (χ3v) is 4.63. The third-order valence-electron chi connectivity index (χ3n) is 4.63. The maximum Gasteiger partial charge on any atom is 0.257 e. The molecule has 7 heteroatoms. The number of pyridine rings is 2. The van der Waals surface area contributed by atoms with Crippen LogP contribution in [-0.2, 0) is 0 Å². The standard InChI is InChI=1S/C23H23N5O2/c1-14-8-10-26-13-19(14)20(24)12-17-9-11-27-23(30)21(17)15(2)28-18-6-4-16(5-7-18)22(29)25-3/h4-13,28H,2,24H2,1,3H3,(H,25,29)(H,27,30)/b20-12-. The summed E-state index contributed by atoms with van der Waals surface area (Å²) in [5.74, 6) is -0.173. The molecule has 0 saturated heterocycles. The van der Waals surface area contributed by atoms with E-state index >= 15 is 0 Å². The van der Waals surface area contributed by atoms with Crippen molar-refractivity contribution in [2.45, 2.75) is 6.92 Å². The van der Waals surface area contributed by atoms with Gasteiger partial charge in [0, 0.05) is 53.8 Å². The first-order valence-corrected chi connectivity index (χ1v) is 9.29. The molecule has 0 aliphatic carbocycles. The van der Waals surface area contributed by atoms with Crippen molar-refractivity contribution in [1.29, 1.82) is 0 Å². The van der Waals surface area contributed by atoms with Crippen LogP contribution in [-0.4, -0.2) is 22.9 Å². The zero-order valence-corrected chi connectivity index (χ0v) is 16.8. The summed E-state index contributed by atoms with van der Waals surface area (Å²) in [5.41, 5.74) is 10.9. The number of hydrogen-bond acceptors (Lipinski definition) is 5. The van der Waals surface area contributed by atoms with Gasteiger partial charge in [0.15, 0.2) is 0 Å². The van der Waals surface area contributed by atoms with Crippen LogP contribution in [0.1, 0.15) is 32.6 Å². The lowest BCUT2D eigenvalue weighted by Gasteiger charge is -2.13. The van der Waals surface area contributed by atoms with Gasteiger partial charge in [-0.2, -0.15) is 0 Å². The molecule has 30 heavy (non-hydrogen) atoms. The number of amides is 1. The SMILES string of the molecule is C=C(Nc1ccc(C(=O)NC)cc1)c1c(/C=C(\N)c2cnccc2C)cc[nH]c1=O. The van der Waals surface area contributed by atoms with Crippen LogP contribution >= 0.6 is 0 Å². The Balaban J connectivity index is 1.92. The molecule has 2 aromatic heterocycles. The molecule has 0 aliphatic rings. The fourth-order valence-corrected chi connectivity index (χ4v) is 3.02. The predicted octanol–water partition coefficient (Wildman–Crippen LogP) is 2.98. The van der Waals surface area contributed by atoms with Crippen LogP contribution in [0.25, 0.3) is 17.5 Å². The fraction of sp³-hybridized carbons (Fsp3) is 0.0870. The molecule has 0 fully saturated rings. The lowest BCUT2D eigenvalue weighted by atomic mass is 10.0. The van der Waals surface area contributed by atoms with E-state index in [4.69, 9.17) is 5.73 Å². The quantitative estimate of drug-likeness (QED) is 0.507. The van der Waals surface area contributed by atoms with Crippen molar-refractivity contribution >= 4 is 29.1 Å². The Bertz CT molecular complexity index is 1180. The Labute approximate surface area is 174 Å². The molecule has 152 valence electrons. The minimum Gasteiger partial charge on any atom is -0.398 e. The molecule has 0 radical (unpaired) electrons. The maximum atomic E-state index is 12.5. The smallest absolute Gasteiger partial charge is 0.257 e. The fourth-order valence-electron chi connectivity index (χ4n) is 3.02. The van der Waals surface area contributed by atoms with E-state index in [9.17, 15) is 9.59 Å². The van der Waals surface area contributed by atoms with Crippen molar-refractivity contribution in [2.24, 2.45) is 5.73 Å². The van der Waals surface area contributed by atoms with E-state index in [1.54, 1.807) is 62.0 Å². The number of H-pyrrole nitrogens is 1. The van der Waals surface area contributed by atoms with Gasteiger partial charge in [0.1, 0.15) is 0 Å². The molecule has 3 aromatic rings. The van der Waals surface area contributed by atoms with Crippen LogP contribution in [0.15, 0.2) is 66.4 Å². The highest BCUT2D eigenvalue weighted by molar-refractivity contribution is 5.94. The van der Waals surface area contributed by atoms with Crippen molar-refractivity contribution in [3.63, 3.8) is 0 Å². The Hall–Kier alpha value is -4.13. The molecule has 3 rings (SSSR count). The Morgan fingerprint density at radius 1 is 1.20 bits per heavy atom. The summed E-state index contributed by atoms with van der Waals surface area (Å²) >= 11 is 0. The third kappa shape index (κ3) is 4.47. The number of aromatic amines is 1. The summed E-state index contributed by atoms with van der Waals surface area (Å²) in [6, 6.07) is 10.5. The van der Waals surface area contributed by atoms with E-state index in [1.165, 1.54) is 0 Å². The maximum absolute atomic E-state index is 12.5. The zero-order valence-electron chi connectivity index (χ0n) is 16.8. The minimum absolute atomic E-state index is 0.173. The van der Waals surface area contributed by atoms with Gasteiger partial charge in [0.05, 0.1) is 5.56 Å². The normalized spacial score (nSPS) is 11.1. The molecule has 0 atom stereocenters. The number of aryl methyl sites for hydroxylation is 1. The first-order chi connectivity index (χ1) is 14.4. The number of nitrogens with zero attached hydrogens (tertiary/aromatic N) is 1. The summed E-state index contributed by atoms with van der Waals surface area (Å²) in [5, 5.41) is 5.69. The Kier molecular flexibility index (Phi) is 6.12. The van der Waals surface area contributed by atoms with E-state index in [-0.39, 0.29) is 11.5 Å². The summed E-state index contributed by atoms with van der Waals surface area (Å²) in [4.78, 5) is 31.0. The van der Waals surface area contributed by atoms with Gasteiger partial charge in [-0.1, -0.05) is 6.58 Å². The van der Waals surface area contributed by atoms with Gasteiger partial charge in [0.2, 0.25) is 0 Å². The zero-order chi connectivity index (χ0) is 21.7. The van der Waals surface area contributed by atoms with Gasteiger partial charge in [0.25, 0.3) is 11.5 Å². The number of aromatic nitrogens is 2. The summed E-state index contributed by atoms with van der Waals surface area (Å²) in [6.07, 6.45) is 6.68. The highest BCUT2D eigenvalue weighted by Crippen LogP contribution is 2.22. The molecule has 0 spiro atoms. The van der Waals surface area contributed by atoms with E-state index in [1.807, 2.05) is 13.0 Å². The average molecular weight is 401 g/mol. The lowest BCUT2D eigenvalue weighted by molar-refractivity contribution is 0.0963. The molecule has 1 aromatic carbocycles. The second kappa shape index (κ2) is 8.91. The lowest BCUT2D eigenvalue weighted by Crippen LogP contribution is -2.18. The molecule has 0 saturated carbocycles. The highest BCUT2D eigenvalue weighted by Gasteiger charge is 2.12. The minimum atomic E-state index is -0.293. The van der Waals surface area contributed by atoms with E-state index in [2.05, 4.69) is 27.2 Å². The number of carbonyl (C=O) groups excluding carboxylic acids is 1. The van der Waals surface area contributed by atoms with Gasteiger partial charge < -0.3 is 21.4 Å². The molecule has 7 nitrogen and oxygen atoms in total. The van der Waals surface area contributed by atoms with Gasteiger partial charge >= 0.3 is 0 Å². The Morgan fingerprint density at radius 3 is 2.60 bits per heavy atom. The predicted molar refractivity (Wildman–Crippen MR) is 121 cm³/mol. The second-order valence-electron chi connectivity index (χ2n) is 6.69. The first kappa shape index (κ1) is 20.6. The molecule has 1 amide bonds. The van der Waals surface area contributed by atoms with Crippen molar-refractivity contribution in [2.75, 3.05) is 12.4 Å². The number of benzene rings is 1. The van der Waals surface area contributed by atoms with Gasteiger partial charge in [-0.05, 0) is 60.5 Å². The second-order valence-corrected chi connectivity index (χ2v) is 6.69. The average Bonchev–Trinajstić information content (AvgIpc) is 2.74. The molecular weight excluding hydrogens is 378 g/mol. The molecular formula is C23H23N5O2. The molecule has 2 heterocycles. The highest BCUT2D eigenvalue weighted by atomic mass is 16.1. The molecule has 0 bridgehead atoms. The molecule has 0 unspecified atom stereocenters. The molecule has 0 aliphatic heterocycles. The van der Waals surface area contributed by atoms with Crippen LogP contribution in [0.3, 0.4) is 0 Å². The van der Waals surface area contributed by atoms with Crippen LogP contribution in [0.5, 0.6) is 0 Å². The first-order valence-electron chi connectivity index (χ1n) is 9.29. The molecule has 5 N–H and O–H groups in total. The van der Waals surface area contributed by atoms with Crippen molar-refractivity contribution in [1.82, 2.24) is 15.3 Å². The number of nitrogens with one attached hydrogen (secondary N) is 3. The topological polar surface area (TPSA) is 113 Å². The number of carbonyl (C=O) groups is 1. The van der Waals surface area contributed by atoms with E-state index in [0.29, 0.717) is 33.8 Å². The van der Waals surface area contributed by atoms with Crippen LogP contribution in [0.2, 0.25) is 0 Å². The van der Waals surface area contributed by atoms with Crippen LogP contribution in [0.4, 0.5) is 5.69 Å². The van der Waals surface area contributed by atoms with Gasteiger partial charge in [-0.3, -0.25) is 14.6 Å². The Morgan fingerprint density at radius 2 is 1.93 bits per heavy atom. The van der Waals surface area contributed by atoms with E-state index in [0.717, 1.165) is 11.1 Å². The van der Waals surface area contributed by atoms with Gasteiger partial charge in [-0.15, -0.1) is 0 Å². The number of rotatable bonds is 6. The van der Waals surface area contributed by atoms with Crippen molar-refractivity contribution < 1.29 is 4.79 Å². The van der Waals surface area contributed by atoms with Crippen LogP contribution < -0.4 is 21.9 Å². The summed E-state index contributed by atoms with van der Waals surface area (Å²) in [6.45, 7) is 5.96. The van der Waals surface area contributed by atoms with Gasteiger partial charge in [-0.25, -0.2) is 0 Å². The summed E-state index contributed by atoms with van der Waals surface area (Å²) < 4.78 is 0. The van der Waals surface area contributed by atoms with E-state index < -0.39 is 0 Å². The number of hydrogen-bond donors (Lipinski definition) is 4. The van der Waals surface area contributed by atoms with Crippen molar-refractivity contribution in [3.8, 4) is 0 Å². The summed E-state index contributed by atoms with van der Waals surface area (Å²) in [7, 11) is 1.58. The van der Waals surface area contributed by atoms with Crippen molar-refractivity contribution in [3.05, 3.63) is 99.7 Å². The van der Waals surface area contributed by atoms with Crippen LogP contribution in [0, 0.1) is 6.92 Å². The number of anilines is 1. The number of nitrogens with two attached hydrogens (primary N) is 1. The monoisotopic (exact) mass is 401 g/mol.